The van der Waals surface area contributed by atoms with Crippen LogP contribution in [0.3, 0.4) is 0 Å². The average molecular weight is 290 g/mol. The molecule has 0 aliphatic carbocycles. The fraction of sp³-hybridized carbons (Fsp3) is 0.833. The van der Waals surface area contributed by atoms with Crippen LogP contribution in [-0.2, 0) is 14.3 Å². The minimum atomic E-state index is -0.755. The Kier molecular flexibility index (Phi) is 7.57. The van der Waals surface area contributed by atoms with Crippen LogP contribution in [0.1, 0.15) is 0 Å². The fourth-order valence-corrected chi connectivity index (χ4v) is 1.82. The molecule has 0 bridgehead atoms. The first-order valence-electron chi connectivity index (χ1n) is 3.04. The molecule has 0 aromatic rings. The minimum Gasteiger partial charge on any atom is -0.350 e. The smallest absolute Gasteiger partial charge is 0.214 e. The first kappa shape index (κ1) is 11.6. The molecule has 0 unspecified atom stereocenters. The van der Waals surface area contributed by atoms with Crippen molar-refractivity contribution in [2.75, 3.05) is 17.8 Å². The van der Waals surface area contributed by atoms with Crippen LogP contribution in [0.25, 0.3) is 0 Å². The van der Waals surface area contributed by atoms with Gasteiger partial charge >= 0.3 is 0 Å². The summed E-state index contributed by atoms with van der Waals surface area (Å²) in [6, 6.07) is 0. The summed E-state index contributed by atoms with van der Waals surface area (Å²) in [4.78, 5) is 10.2. The van der Waals surface area contributed by atoms with Crippen LogP contribution in [-0.4, -0.2) is 36.5 Å². The highest BCUT2D eigenvalue weighted by atomic mass is 79.9. The summed E-state index contributed by atoms with van der Waals surface area (Å²) in [5, 5.41) is 1.35. The van der Waals surface area contributed by atoms with E-state index in [1.807, 2.05) is 0 Å². The Morgan fingerprint density at radius 2 is 2.00 bits per heavy atom. The van der Waals surface area contributed by atoms with Crippen molar-refractivity contribution in [3.05, 3.63) is 0 Å². The van der Waals surface area contributed by atoms with Gasteiger partial charge in [-0.3, -0.25) is 4.79 Å². The number of halogens is 2. The number of hydrogen-bond acceptors (Lipinski definition) is 3. The summed E-state index contributed by atoms with van der Waals surface area (Å²) in [6.07, 6.45) is -0.168. The molecule has 0 radical (unpaired) electrons. The number of hydrogen-bond donors (Lipinski definition) is 0. The van der Waals surface area contributed by atoms with Gasteiger partial charge in [0.2, 0.25) is 6.29 Å². The van der Waals surface area contributed by atoms with Gasteiger partial charge in [-0.15, -0.1) is 0 Å². The summed E-state index contributed by atoms with van der Waals surface area (Å²) in [5.41, 5.74) is 0. The Morgan fingerprint density at radius 1 is 1.45 bits per heavy atom. The van der Waals surface area contributed by atoms with Crippen molar-refractivity contribution in [3.63, 3.8) is 0 Å². The van der Waals surface area contributed by atoms with Crippen LogP contribution >= 0.6 is 31.9 Å². The largest absolute Gasteiger partial charge is 0.350 e. The van der Waals surface area contributed by atoms with E-state index in [4.69, 9.17) is 9.47 Å². The maximum atomic E-state index is 10.2. The SMILES string of the molecule is CO[C@H](C=O)OC(CBr)CBr. The molecule has 0 spiro atoms. The van der Waals surface area contributed by atoms with E-state index in [9.17, 15) is 4.79 Å². The predicted octanol–water partition coefficient (Wildman–Crippen LogP) is 1.33. The molecule has 0 saturated heterocycles. The highest BCUT2D eigenvalue weighted by Gasteiger charge is 2.12. The van der Waals surface area contributed by atoms with E-state index in [0.717, 1.165) is 0 Å². The first-order valence-corrected chi connectivity index (χ1v) is 5.28. The number of alkyl halides is 2. The molecule has 0 saturated carbocycles. The van der Waals surface area contributed by atoms with Crippen molar-refractivity contribution in [2.45, 2.75) is 12.4 Å². The van der Waals surface area contributed by atoms with Gasteiger partial charge in [-0.2, -0.15) is 0 Å². The molecule has 1 atom stereocenters. The van der Waals surface area contributed by atoms with Gasteiger partial charge in [0.15, 0.2) is 6.29 Å². The van der Waals surface area contributed by atoms with E-state index in [0.29, 0.717) is 16.9 Å². The van der Waals surface area contributed by atoms with Gasteiger partial charge in [-0.25, -0.2) is 0 Å². The van der Waals surface area contributed by atoms with Crippen molar-refractivity contribution in [3.8, 4) is 0 Å². The molecule has 0 N–H and O–H groups in total. The molecule has 0 aromatic heterocycles. The van der Waals surface area contributed by atoms with Gasteiger partial charge in [-0.1, -0.05) is 31.9 Å². The summed E-state index contributed by atoms with van der Waals surface area (Å²) in [7, 11) is 1.43. The van der Waals surface area contributed by atoms with Gasteiger partial charge in [0.05, 0.1) is 6.10 Å². The third-order valence-corrected chi connectivity index (χ3v) is 2.46. The monoisotopic (exact) mass is 288 g/mol. The second-order valence-corrected chi connectivity index (χ2v) is 3.10. The molecular weight excluding hydrogens is 280 g/mol. The van der Waals surface area contributed by atoms with Crippen LogP contribution in [0.4, 0.5) is 0 Å². The Balaban J connectivity index is 3.67. The van der Waals surface area contributed by atoms with Crippen molar-refractivity contribution < 1.29 is 14.3 Å². The van der Waals surface area contributed by atoms with Crippen LogP contribution in [0.15, 0.2) is 0 Å². The lowest BCUT2D eigenvalue weighted by atomic mass is 10.5. The number of ether oxygens (including phenoxy) is 2. The highest BCUT2D eigenvalue weighted by molar-refractivity contribution is 9.09. The highest BCUT2D eigenvalue weighted by Crippen LogP contribution is 2.04. The molecule has 5 heteroatoms. The molecule has 0 amide bonds. The second-order valence-electron chi connectivity index (χ2n) is 1.81. The molecule has 0 aromatic carbocycles. The molecule has 0 rings (SSSR count). The lowest BCUT2D eigenvalue weighted by Gasteiger charge is -2.15. The van der Waals surface area contributed by atoms with Gasteiger partial charge in [0.1, 0.15) is 0 Å². The summed E-state index contributed by atoms with van der Waals surface area (Å²) in [5.74, 6) is 0. The van der Waals surface area contributed by atoms with E-state index in [1.54, 1.807) is 0 Å². The zero-order chi connectivity index (χ0) is 8.69. The number of carbonyl (C=O) groups excluding carboxylic acids is 1. The second kappa shape index (κ2) is 7.21. The molecule has 0 heterocycles. The maximum Gasteiger partial charge on any atom is 0.214 e. The van der Waals surface area contributed by atoms with Gasteiger partial charge < -0.3 is 9.47 Å². The molecule has 66 valence electrons. The predicted molar refractivity (Wildman–Crippen MR) is 49.3 cm³/mol. The third kappa shape index (κ3) is 4.90. The minimum absolute atomic E-state index is 0.0369. The number of carbonyl (C=O) groups is 1. The Hall–Kier alpha value is 0.550. The molecule has 3 nitrogen and oxygen atoms in total. The summed E-state index contributed by atoms with van der Waals surface area (Å²) >= 11 is 6.47. The number of aldehydes is 1. The molecule has 0 aliphatic heterocycles. The average Bonchev–Trinajstić information content (AvgIpc) is 2.07. The van der Waals surface area contributed by atoms with Crippen molar-refractivity contribution in [1.29, 1.82) is 0 Å². The fourth-order valence-electron chi connectivity index (χ4n) is 0.447. The summed E-state index contributed by atoms with van der Waals surface area (Å²) in [6.45, 7) is 0. The van der Waals surface area contributed by atoms with Crippen LogP contribution in [0.5, 0.6) is 0 Å². The number of methoxy groups -OCH3 is 1. The summed E-state index contributed by atoms with van der Waals surface area (Å²) < 4.78 is 9.86. The van der Waals surface area contributed by atoms with E-state index < -0.39 is 6.29 Å². The van der Waals surface area contributed by atoms with Crippen LogP contribution in [0, 0.1) is 0 Å². The normalized spacial score (nSPS) is 13.5. The quantitative estimate of drug-likeness (QED) is 0.420. The third-order valence-electron chi connectivity index (χ3n) is 1.01. The molecular formula is C6H10Br2O3. The van der Waals surface area contributed by atoms with Crippen LogP contribution in [0.2, 0.25) is 0 Å². The van der Waals surface area contributed by atoms with Gasteiger partial charge in [-0.05, 0) is 0 Å². The molecule has 0 aliphatic rings. The van der Waals surface area contributed by atoms with E-state index in [2.05, 4.69) is 31.9 Å². The lowest BCUT2D eigenvalue weighted by molar-refractivity contribution is -0.158. The van der Waals surface area contributed by atoms with E-state index >= 15 is 0 Å². The lowest BCUT2D eigenvalue weighted by Crippen LogP contribution is -2.27. The zero-order valence-corrected chi connectivity index (χ0v) is 9.30. The Morgan fingerprint density at radius 3 is 2.27 bits per heavy atom. The molecule has 0 fully saturated rings. The number of rotatable bonds is 6. The maximum absolute atomic E-state index is 10.2. The van der Waals surface area contributed by atoms with Gasteiger partial charge in [0, 0.05) is 17.8 Å². The van der Waals surface area contributed by atoms with Gasteiger partial charge in [0.25, 0.3) is 0 Å². The van der Waals surface area contributed by atoms with Crippen molar-refractivity contribution >= 4 is 38.1 Å². The van der Waals surface area contributed by atoms with Crippen LogP contribution < -0.4 is 0 Å². The zero-order valence-electron chi connectivity index (χ0n) is 6.13. The Bertz CT molecular complexity index is 106. The van der Waals surface area contributed by atoms with E-state index in [-0.39, 0.29) is 6.10 Å². The topological polar surface area (TPSA) is 35.5 Å². The van der Waals surface area contributed by atoms with E-state index in [1.165, 1.54) is 7.11 Å². The first-order chi connectivity index (χ1) is 5.28. The van der Waals surface area contributed by atoms with Crippen molar-refractivity contribution in [2.24, 2.45) is 0 Å². The standard InChI is InChI=1S/C6H10Br2O3/c1-10-6(4-9)11-5(2-7)3-8/h4-6H,2-3H2,1H3/t6-/m0/s1. The van der Waals surface area contributed by atoms with Crippen molar-refractivity contribution in [1.82, 2.24) is 0 Å². The Labute approximate surface area is 82.7 Å². The molecule has 11 heavy (non-hydrogen) atoms.